The number of esters is 1. The van der Waals surface area contributed by atoms with Gasteiger partial charge in [-0.15, -0.1) is 0 Å². The minimum Gasteiger partial charge on any atom is -0.451 e. The number of hydrogen-bond donors (Lipinski definition) is 1. The van der Waals surface area contributed by atoms with Gasteiger partial charge in [-0.3, -0.25) is 9.59 Å². The van der Waals surface area contributed by atoms with Crippen LogP contribution < -0.4 is 0 Å². The van der Waals surface area contributed by atoms with Crippen molar-refractivity contribution in [2.75, 3.05) is 19.7 Å². The zero-order valence-electron chi connectivity index (χ0n) is 13.2. The number of H-pyrrole nitrogens is 1. The first-order valence-electron chi connectivity index (χ1n) is 7.51. The quantitative estimate of drug-likeness (QED) is 0.680. The van der Waals surface area contributed by atoms with Crippen molar-refractivity contribution < 1.29 is 19.1 Å². The van der Waals surface area contributed by atoms with Gasteiger partial charge in [0.15, 0.2) is 12.4 Å². The van der Waals surface area contributed by atoms with Crippen molar-refractivity contribution >= 4 is 17.7 Å². The van der Waals surface area contributed by atoms with E-state index in [2.05, 4.69) is 18.8 Å². The molecule has 1 aliphatic heterocycles. The number of carbonyl (C=O) groups excluding carboxylic acids is 3. The number of aromatic amines is 1. The minimum absolute atomic E-state index is 0.136. The molecule has 22 heavy (non-hydrogen) atoms. The van der Waals surface area contributed by atoms with Gasteiger partial charge in [0.25, 0.3) is 5.91 Å². The van der Waals surface area contributed by atoms with Crippen LogP contribution in [0.5, 0.6) is 0 Å². The lowest BCUT2D eigenvalue weighted by Gasteiger charge is -2.34. The fraction of sp³-hybridized carbons (Fsp3) is 0.562. The SMILES string of the molecule is CC(=O)c1c[nH]c(C(=O)OCC(=O)N2C[C@H](C)C[C@H](C)C2)c1. The summed E-state index contributed by atoms with van der Waals surface area (Å²) in [4.78, 5) is 39.6. The second-order valence-electron chi connectivity index (χ2n) is 6.18. The summed E-state index contributed by atoms with van der Waals surface area (Å²) in [6.07, 6.45) is 2.56. The Kier molecular flexibility index (Phi) is 5.00. The maximum absolute atomic E-state index is 12.1. The van der Waals surface area contributed by atoms with E-state index in [9.17, 15) is 14.4 Å². The number of nitrogens with one attached hydrogen (secondary N) is 1. The number of Topliss-reactive ketones (excluding diaryl/α,β-unsaturated/α-hetero) is 1. The average Bonchev–Trinajstić information content (AvgIpc) is 2.93. The number of likely N-dealkylation sites (tertiary alicyclic amines) is 1. The van der Waals surface area contributed by atoms with Gasteiger partial charge in [-0.1, -0.05) is 13.8 Å². The van der Waals surface area contributed by atoms with Crippen LogP contribution in [0.25, 0.3) is 0 Å². The van der Waals surface area contributed by atoms with Crippen LogP contribution in [0.3, 0.4) is 0 Å². The molecule has 120 valence electrons. The third-order valence-electron chi connectivity index (χ3n) is 3.86. The van der Waals surface area contributed by atoms with Gasteiger partial charge in [-0.05, 0) is 31.2 Å². The first kappa shape index (κ1) is 16.3. The number of nitrogens with zero attached hydrogens (tertiary/aromatic N) is 1. The smallest absolute Gasteiger partial charge is 0.355 e. The summed E-state index contributed by atoms with van der Waals surface area (Å²) in [6, 6.07) is 1.43. The van der Waals surface area contributed by atoms with E-state index in [1.807, 2.05) is 0 Å². The van der Waals surface area contributed by atoms with Crippen molar-refractivity contribution in [1.29, 1.82) is 0 Å². The van der Waals surface area contributed by atoms with Crippen molar-refractivity contribution in [2.45, 2.75) is 27.2 Å². The molecule has 6 nitrogen and oxygen atoms in total. The Balaban J connectivity index is 1.87. The lowest BCUT2D eigenvalue weighted by Crippen LogP contribution is -2.44. The highest BCUT2D eigenvalue weighted by Crippen LogP contribution is 2.20. The molecular formula is C16H22N2O4. The summed E-state index contributed by atoms with van der Waals surface area (Å²) in [5.41, 5.74) is 0.593. The van der Waals surface area contributed by atoms with E-state index in [1.54, 1.807) is 4.90 Å². The van der Waals surface area contributed by atoms with E-state index < -0.39 is 5.97 Å². The predicted octanol–water partition coefficient (Wildman–Crippen LogP) is 1.88. The van der Waals surface area contributed by atoms with Crippen LogP contribution in [-0.4, -0.2) is 47.2 Å². The van der Waals surface area contributed by atoms with Gasteiger partial charge in [0.1, 0.15) is 5.69 Å². The Morgan fingerprint density at radius 2 is 1.91 bits per heavy atom. The van der Waals surface area contributed by atoms with E-state index in [-0.39, 0.29) is 24.0 Å². The van der Waals surface area contributed by atoms with Crippen molar-refractivity contribution in [3.8, 4) is 0 Å². The maximum Gasteiger partial charge on any atom is 0.355 e. The van der Waals surface area contributed by atoms with Crippen molar-refractivity contribution in [2.24, 2.45) is 11.8 Å². The van der Waals surface area contributed by atoms with Crippen molar-refractivity contribution in [3.05, 3.63) is 23.5 Å². The van der Waals surface area contributed by atoms with E-state index in [0.29, 0.717) is 30.5 Å². The first-order valence-corrected chi connectivity index (χ1v) is 7.51. The van der Waals surface area contributed by atoms with Gasteiger partial charge in [0.2, 0.25) is 0 Å². The van der Waals surface area contributed by atoms with Crippen LogP contribution in [0.4, 0.5) is 0 Å². The summed E-state index contributed by atoms with van der Waals surface area (Å²) in [5, 5.41) is 0. The molecule has 1 aromatic rings. The number of carbonyl (C=O) groups is 3. The normalized spacial score (nSPS) is 21.5. The standard InChI is InChI=1S/C16H22N2O4/c1-10-4-11(2)8-18(7-10)15(20)9-22-16(21)14-5-13(6-17-14)12(3)19/h5-6,10-11,17H,4,7-9H2,1-3H3/t10-,11+. The lowest BCUT2D eigenvalue weighted by atomic mass is 9.92. The molecule has 1 aliphatic rings. The molecule has 1 saturated heterocycles. The van der Waals surface area contributed by atoms with Gasteiger partial charge in [-0.25, -0.2) is 4.79 Å². The highest BCUT2D eigenvalue weighted by atomic mass is 16.5. The number of piperidine rings is 1. The van der Waals surface area contributed by atoms with Crippen LogP contribution in [-0.2, 0) is 9.53 Å². The number of ether oxygens (including phenoxy) is 1. The topological polar surface area (TPSA) is 79.5 Å². The molecule has 2 rings (SSSR count). The summed E-state index contributed by atoms with van der Waals surface area (Å²) in [7, 11) is 0. The molecule has 0 radical (unpaired) electrons. The average molecular weight is 306 g/mol. The number of hydrogen-bond acceptors (Lipinski definition) is 4. The van der Waals surface area contributed by atoms with Gasteiger partial charge in [-0.2, -0.15) is 0 Å². The molecule has 1 amide bonds. The van der Waals surface area contributed by atoms with Gasteiger partial charge in [0, 0.05) is 24.8 Å². The molecule has 0 bridgehead atoms. The molecule has 0 saturated carbocycles. The molecule has 0 unspecified atom stereocenters. The Morgan fingerprint density at radius 3 is 2.45 bits per heavy atom. The molecule has 1 aromatic heterocycles. The summed E-state index contributed by atoms with van der Waals surface area (Å²) in [6.45, 7) is 6.79. The molecule has 2 heterocycles. The second-order valence-corrected chi connectivity index (χ2v) is 6.18. The van der Waals surface area contributed by atoms with E-state index >= 15 is 0 Å². The molecular weight excluding hydrogens is 284 g/mol. The van der Waals surface area contributed by atoms with Crippen LogP contribution in [0.1, 0.15) is 48.0 Å². The minimum atomic E-state index is -0.626. The van der Waals surface area contributed by atoms with Crippen molar-refractivity contribution in [3.63, 3.8) is 0 Å². The highest BCUT2D eigenvalue weighted by molar-refractivity contribution is 5.97. The molecule has 0 aliphatic carbocycles. The van der Waals surface area contributed by atoms with Gasteiger partial charge >= 0.3 is 5.97 Å². The molecule has 1 fully saturated rings. The predicted molar refractivity (Wildman–Crippen MR) is 80.6 cm³/mol. The highest BCUT2D eigenvalue weighted by Gasteiger charge is 2.26. The summed E-state index contributed by atoms with van der Waals surface area (Å²) >= 11 is 0. The zero-order valence-corrected chi connectivity index (χ0v) is 13.2. The van der Waals surface area contributed by atoms with E-state index in [0.717, 1.165) is 6.42 Å². The fourth-order valence-corrected chi connectivity index (χ4v) is 2.88. The van der Waals surface area contributed by atoms with E-state index in [4.69, 9.17) is 4.74 Å². The Morgan fingerprint density at radius 1 is 1.27 bits per heavy atom. The van der Waals surface area contributed by atoms with Crippen LogP contribution in [0.2, 0.25) is 0 Å². The number of rotatable bonds is 4. The van der Waals surface area contributed by atoms with Crippen molar-refractivity contribution in [1.82, 2.24) is 9.88 Å². The van der Waals surface area contributed by atoms with Crippen LogP contribution >= 0.6 is 0 Å². The number of amides is 1. The van der Waals surface area contributed by atoms with E-state index in [1.165, 1.54) is 19.2 Å². The van der Waals surface area contributed by atoms with Gasteiger partial charge < -0.3 is 14.6 Å². The summed E-state index contributed by atoms with van der Waals surface area (Å²) < 4.78 is 5.03. The molecule has 6 heteroatoms. The number of aromatic nitrogens is 1. The fourth-order valence-electron chi connectivity index (χ4n) is 2.88. The molecule has 2 atom stereocenters. The molecule has 0 spiro atoms. The Labute approximate surface area is 129 Å². The molecule has 1 N–H and O–H groups in total. The molecule has 0 aromatic carbocycles. The number of ketones is 1. The largest absolute Gasteiger partial charge is 0.451 e. The van der Waals surface area contributed by atoms with Crippen LogP contribution in [0, 0.1) is 11.8 Å². The lowest BCUT2D eigenvalue weighted by molar-refractivity contribution is -0.137. The first-order chi connectivity index (χ1) is 10.4. The van der Waals surface area contributed by atoms with Crippen LogP contribution in [0.15, 0.2) is 12.3 Å². The maximum atomic E-state index is 12.1. The Hall–Kier alpha value is -2.11. The summed E-state index contributed by atoms with van der Waals surface area (Å²) in [5.74, 6) is -0.0124. The third kappa shape index (κ3) is 3.96. The monoisotopic (exact) mass is 306 g/mol. The second kappa shape index (κ2) is 6.77. The third-order valence-corrected chi connectivity index (χ3v) is 3.86. The van der Waals surface area contributed by atoms with Gasteiger partial charge in [0.05, 0.1) is 0 Å². The zero-order chi connectivity index (χ0) is 16.3. The Bertz CT molecular complexity index is 568.